The van der Waals surface area contributed by atoms with Gasteiger partial charge < -0.3 is 9.64 Å². The summed E-state index contributed by atoms with van der Waals surface area (Å²) in [6, 6.07) is 10.5. The molecule has 3 nitrogen and oxygen atoms in total. The van der Waals surface area contributed by atoms with Crippen molar-refractivity contribution in [2.75, 3.05) is 19.7 Å². The molecule has 1 aromatic carbocycles. The number of likely N-dealkylation sites (tertiary alicyclic amines) is 1. The molecule has 1 saturated heterocycles. The maximum Gasteiger partial charge on any atom is 0.225 e. The molecule has 1 unspecified atom stereocenters. The van der Waals surface area contributed by atoms with E-state index >= 15 is 0 Å². The van der Waals surface area contributed by atoms with E-state index in [1.165, 1.54) is 5.56 Å². The van der Waals surface area contributed by atoms with Crippen molar-refractivity contribution in [1.29, 1.82) is 0 Å². The van der Waals surface area contributed by atoms with Gasteiger partial charge in [-0.1, -0.05) is 30.3 Å². The van der Waals surface area contributed by atoms with Gasteiger partial charge in [0.15, 0.2) is 0 Å². The monoisotopic (exact) mass is 273 g/mol. The van der Waals surface area contributed by atoms with E-state index in [0.29, 0.717) is 11.8 Å². The minimum Gasteiger partial charge on any atom is -0.376 e. The Morgan fingerprint density at radius 2 is 2.00 bits per heavy atom. The van der Waals surface area contributed by atoms with Gasteiger partial charge >= 0.3 is 0 Å². The fourth-order valence-corrected chi connectivity index (χ4v) is 2.82. The maximum atomic E-state index is 11.9. The van der Waals surface area contributed by atoms with Crippen LogP contribution in [0.5, 0.6) is 0 Å². The third kappa shape index (κ3) is 3.60. The minimum atomic E-state index is 0.258. The Balaban J connectivity index is 1.32. The van der Waals surface area contributed by atoms with Gasteiger partial charge in [-0.25, -0.2) is 0 Å². The number of hydrogen-bond donors (Lipinski definition) is 0. The van der Waals surface area contributed by atoms with E-state index in [-0.39, 0.29) is 6.10 Å². The van der Waals surface area contributed by atoms with Gasteiger partial charge in [0.1, 0.15) is 0 Å². The van der Waals surface area contributed by atoms with Crippen LogP contribution in [0.3, 0.4) is 0 Å². The number of benzene rings is 1. The van der Waals surface area contributed by atoms with Crippen molar-refractivity contribution in [3.05, 3.63) is 35.9 Å². The molecule has 3 heteroatoms. The smallest absolute Gasteiger partial charge is 0.225 e. The lowest BCUT2D eigenvalue weighted by atomic mass is 10.1. The Kier molecular flexibility index (Phi) is 4.36. The van der Waals surface area contributed by atoms with Crippen LogP contribution in [-0.4, -0.2) is 36.6 Å². The first-order valence-electron chi connectivity index (χ1n) is 7.77. The molecule has 0 N–H and O–H groups in total. The number of nitrogens with zero attached hydrogens (tertiary/aromatic N) is 1. The van der Waals surface area contributed by atoms with Crippen LogP contribution < -0.4 is 0 Å². The van der Waals surface area contributed by atoms with E-state index in [1.807, 2.05) is 11.0 Å². The van der Waals surface area contributed by atoms with Gasteiger partial charge in [-0.15, -0.1) is 0 Å². The van der Waals surface area contributed by atoms with Crippen molar-refractivity contribution in [3.63, 3.8) is 0 Å². The second-order valence-electron chi connectivity index (χ2n) is 5.93. The molecule has 2 fully saturated rings. The van der Waals surface area contributed by atoms with Gasteiger partial charge in [-0.05, 0) is 37.7 Å². The molecule has 2 aliphatic rings. The largest absolute Gasteiger partial charge is 0.376 e. The number of ether oxygens (including phenoxy) is 1. The second kappa shape index (κ2) is 6.40. The van der Waals surface area contributed by atoms with Crippen LogP contribution in [0.1, 0.15) is 31.2 Å². The lowest BCUT2D eigenvalue weighted by Gasteiger charge is -2.16. The average molecular weight is 273 g/mol. The van der Waals surface area contributed by atoms with Gasteiger partial charge in [0.2, 0.25) is 5.91 Å². The molecule has 0 aromatic heterocycles. The summed E-state index contributed by atoms with van der Waals surface area (Å²) < 4.78 is 5.91. The summed E-state index contributed by atoms with van der Waals surface area (Å²) in [6.07, 6.45) is 5.57. The third-order valence-corrected chi connectivity index (χ3v) is 4.19. The first-order valence-corrected chi connectivity index (χ1v) is 7.77. The second-order valence-corrected chi connectivity index (χ2v) is 5.93. The van der Waals surface area contributed by atoms with Crippen LogP contribution in [0.15, 0.2) is 30.3 Å². The first kappa shape index (κ1) is 13.6. The van der Waals surface area contributed by atoms with E-state index in [4.69, 9.17) is 4.74 Å². The molecule has 3 rings (SSSR count). The molecule has 1 aliphatic heterocycles. The molecule has 1 atom stereocenters. The number of hydrogen-bond acceptors (Lipinski definition) is 2. The Morgan fingerprint density at radius 1 is 1.20 bits per heavy atom. The van der Waals surface area contributed by atoms with Crippen LogP contribution in [0.4, 0.5) is 0 Å². The van der Waals surface area contributed by atoms with Crippen LogP contribution in [0, 0.1) is 5.92 Å². The van der Waals surface area contributed by atoms with Crippen LogP contribution in [0.25, 0.3) is 0 Å². The lowest BCUT2D eigenvalue weighted by Crippen LogP contribution is -2.31. The van der Waals surface area contributed by atoms with E-state index in [0.717, 1.165) is 51.8 Å². The van der Waals surface area contributed by atoms with Gasteiger partial charge in [-0.2, -0.15) is 0 Å². The summed E-state index contributed by atoms with van der Waals surface area (Å²) >= 11 is 0. The molecular formula is C17H23NO2. The van der Waals surface area contributed by atoms with Crippen molar-refractivity contribution in [2.45, 2.75) is 38.2 Å². The molecule has 1 aliphatic carbocycles. The standard InChI is InChI=1S/C17H23NO2/c19-17(15-8-9-15)18-11-10-16(13-18)20-12-4-7-14-5-2-1-3-6-14/h1-3,5-6,15-16H,4,7-13H2. The topological polar surface area (TPSA) is 29.5 Å². The average Bonchev–Trinajstić information content (AvgIpc) is 3.23. The quantitative estimate of drug-likeness (QED) is 0.746. The van der Waals surface area contributed by atoms with E-state index in [2.05, 4.69) is 24.3 Å². The number of carbonyl (C=O) groups is 1. The first-order chi connectivity index (χ1) is 9.83. The highest BCUT2D eigenvalue weighted by atomic mass is 16.5. The molecule has 0 spiro atoms. The molecule has 0 bridgehead atoms. The zero-order valence-electron chi connectivity index (χ0n) is 12.0. The molecular weight excluding hydrogens is 250 g/mol. The van der Waals surface area contributed by atoms with Gasteiger partial charge in [-0.3, -0.25) is 4.79 Å². The van der Waals surface area contributed by atoms with Crippen LogP contribution in [0.2, 0.25) is 0 Å². The van der Waals surface area contributed by atoms with Gasteiger partial charge in [0.05, 0.1) is 6.10 Å². The maximum absolute atomic E-state index is 11.9. The predicted molar refractivity (Wildman–Crippen MR) is 78.4 cm³/mol. The summed E-state index contributed by atoms with van der Waals surface area (Å²) in [4.78, 5) is 13.9. The number of rotatable bonds is 6. The molecule has 1 heterocycles. The van der Waals surface area contributed by atoms with Crippen molar-refractivity contribution in [3.8, 4) is 0 Å². The fourth-order valence-electron chi connectivity index (χ4n) is 2.82. The minimum absolute atomic E-state index is 0.258. The van der Waals surface area contributed by atoms with Gasteiger partial charge in [0, 0.05) is 25.6 Å². The molecule has 20 heavy (non-hydrogen) atoms. The number of carbonyl (C=O) groups excluding carboxylic acids is 1. The van der Waals surface area contributed by atoms with Crippen molar-refractivity contribution >= 4 is 5.91 Å². The van der Waals surface area contributed by atoms with E-state index < -0.39 is 0 Å². The van der Waals surface area contributed by atoms with Crippen molar-refractivity contribution < 1.29 is 9.53 Å². The zero-order chi connectivity index (χ0) is 13.8. The van der Waals surface area contributed by atoms with E-state index in [1.54, 1.807) is 0 Å². The Hall–Kier alpha value is -1.35. The van der Waals surface area contributed by atoms with Crippen LogP contribution in [-0.2, 0) is 16.0 Å². The summed E-state index contributed by atoms with van der Waals surface area (Å²) in [7, 11) is 0. The van der Waals surface area contributed by atoms with Crippen LogP contribution >= 0.6 is 0 Å². The number of aryl methyl sites for hydroxylation is 1. The number of amides is 1. The predicted octanol–water partition coefficient (Wildman–Crippen LogP) is 2.65. The van der Waals surface area contributed by atoms with Gasteiger partial charge in [0.25, 0.3) is 0 Å². The Labute approximate surface area is 120 Å². The lowest BCUT2D eigenvalue weighted by molar-refractivity contribution is -0.132. The molecule has 0 radical (unpaired) electrons. The highest BCUT2D eigenvalue weighted by Crippen LogP contribution is 2.32. The molecule has 1 amide bonds. The van der Waals surface area contributed by atoms with Crippen molar-refractivity contribution in [1.82, 2.24) is 4.90 Å². The summed E-state index contributed by atoms with van der Waals surface area (Å²) in [5.41, 5.74) is 1.37. The summed E-state index contributed by atoms with van der Waals surface area (Å²) in [5, 5.41) is 0. The highest BCUT2D eigenvalue weighted by Gasteiger charge is 2.36. The SMILES string of the molecule is O=C(C1CC1)N1CCC(OCCCc2ccccc2)C1. The Morgan fingerprint density at radius 3 is 2.75 bits per heavy atom. The Bertz CT molecular complexity index is 442. The summed E-state index contributed by atoms with van der Waals surface area (Å²) in [5.74, 6) is 0.701. The molecule has 1 saturated carbocycles. The fraction of sp³-hybridized carbons (Fsp3) is 0.588. The van der Waals surface area contributed by atoms with E-state index in [9.17, 15) is 4.79 Å². The zero-order valence-corrected chi connectivity index (χ0v) is 12.0. The third-order valence-electron chi connectivity index (χ3n) is 4.19. The highest BCUT2D eigenvalue weighted by molar-refractivity contribution is 5.81. The summed E-state index contributed by atoms with van der Waals surface area (Å²) in [6.45, 7) is 2.49. The molecule has 108 valence electrons. The normalized spacial score (nSPS) is 22.2. The molecule has 1 aromatic rings. The van der Waals surface area contributed by atoms with Crippen molar-refractivity contribution in [2.24, 2.45) is 5.92 Å².